The molecule has 0 aliphatic carbocycles. The molecule has 0 radical (unpaired) electrons. The third-order valence-corrected chi connectivity index (χ3v) is 7.07. The highest BCUT2D eigenvalue weighted by molar-refractivity contribution is 9.10. The van der Waals surface area contributed by atoms with Crippen LogP contribution in [0.4, 0.5) is 17.1 Å². The lowest BCUT2D eigenvalue weighted by molar-refractivity contribution is 1.24. The molecule has 3 heteroatoms. The van der Waals surface area contributed by atoms with Crippen molar-refractivity contribution >= 4 is 49.8 Å². The molecule has 1 aliphatic heterocycles. The molecule has 0 bridgehead atoms. The molecular weight excluding hydrogens is 480 g/mol. The van der Waals surface area contributed by atoms with Crippen LogP contribution >= 0.6 is 15.9 Å². The van der Waals surface area contributed by atoms with Crippen LogP contribution in [0.25, 0.3) is 39.4 Å². The van der Waals surface area contributed by atoms with Gasteiger partial charge in [0.2, 0.25) is 0 Å². The Bertz CT molecular complexity index is 1580. The van der Waals surface area contributed by atoms with Crippen LogP contribution < -0.4 is 4.90 Å². The molecule has 2 nitrogen and oxygen atoms in total. The van der Waals surface area contributed by atoms with E-state index in [2.05, 4.69) is 124 Å². The highest BCUT2D eigenvalue weighted by Crippen LogP contribution is 2.52. The van der Waals surface area contributed by atoms with Crippen LogP contribution in [0.15, 0.2) is 120 Å². The molecule has 2 heterocycles. The molecule has 0 saturated heterocycles. The number of hydrogen-bond donors (Lipinski definition) is 0. The molecule has 1 aromatic heterocycles. The van der Waals surface area contributed by atoms with Crippen LogP contribution in [-0.4, -0.2) is 4.98 Å². The zero-order valence-corrected chi connectivity index (χ0v) is 20.0. The summed E-state index contributed by atoms with van der Waals surface area (Å²) >= 11 is 3.89. The fourth-order valence-electron chi connectivity index (χ4n) is 4.70. The van der Waals surface area contributed by atoms with E-state index < -0.39 is 0 Å². The van der Waals surface area contributed by atoms with E-state index in [0.29, 0.717) is 0 Å². The van der Waals surface area contributed by atoms with E-state index in [1.165, 1.54) is 10.8 Å². The van der Waals surface area contributed by atoms with Crippen LogP contribution in [0.2, 0.25) is 0 Å². The molecule has 1 aliphatic rings. The minimum Gasteiger partial charge on any atom is -0.308 e. The maximum atomic E-state index is 5.19. The molecule has 162 valence electrons. The summed E-state index contributed by atoms with van der Waals surface area (Å²) in [5.41, 5.74) is 8.70. The molecular formula is C31H21BrN2. The van der Waals surface area contributed by atoms with Gasteiger partial charge in [0.1, 0.15) is 0 Å². The second-order valence-corrected chi connectivity index (χ2v) is 9.02. The summed E-state index contributed by atoms with van der Waals surface area (Å²) in [5.74, 6) is 0. The van der Waals surface area contributed by atoms with Gasteiger partial charge in [-0.25, -0.2) is 4.98 Å². The quantitative estimate of drug-likeness (QED) is 0.224. The molecule has 6 rings (SSSR count). The zero-order valence-electron chi connectivity index (χ0n) is 18.4. The van der Waals surface area contributed by atoms with Crippen LogP contribution in [0, 0.1) is 0 Å². The molecule has 0 unspecified atom stereocenters. The van der Waals surface area contributed by atoms with Gasteiger partial charge in [-0.3, -0.25) is 0 Å². The molecule has 5 aromatic rings. The first-order valence-corrected chi connectivity index (χ1v) is 12.0. The van der Waals surface area contributed by atoms with Gasteiger partial charge in [-0.2, -0.15) is 0 Å². The number of pyridine rings is 1. The first-order valence-electron chi connectivity index (χ1n) is 11.2. The van der Waals surface area contributed by atoms with E-state index in [1.807, 2.05) is 12.1 Å². The SMILES string of the molecule is C=C/C=C\c1cccc(N2c3ccccc3-c3nc(-c4ccccc4)cc4cccc2c34)c1Br. The van der Waals surface area contributed by atoms with Gasteiger partial charge < -0.3 is 4.90 Å². The number of para-hydroxylation sites is 1. The number of anilines is 3. The van der Waals surface area contributed by atoms with E-state index in [-0.39, 0.29) is 0 Å². The number of hydrogen-bond acceptors (Lipinski definition) is 2. The topological polar surface area (TPSA) is 16.1 Å². The van der Waals surface area contributed by atoms with Crippen LogP contribution in [0.1, 0.15) is 5.56 Å². The van der Waals surface area contributed by atoms with Crippen molar-refractivity contribution in [3.05, 3.63) is 126 Å². The van der Waals surface area contributed by atoms with Gasteiger partial charge in [0, 0.05) is 21.0 Å². The largest absolute Gasteiger partial charge is 0.308 e. The Morgan fingerprint density at radius 3 is 2.35 bits per heavy atom. The Morgan fingerprint density at radius 2 is 1.50 bits per heavy atom. The molecule has 34 heavy (non-hydrogen) atoms. The second-order valence-electron chi connectivity index (χ2n) is 8.23. The predicted molar refractivity (Wildman–Crippen MR) is 148 cm³/mol. The normalized spacial score (nSPS) is 12.2. The van der Waals surface area contributed by atoms with E-state index in [9.17, 15) is 0 Å². The summed E-state index contributed by atoms with van der Waals surface area (Å²) in [6.07, 6.45) is 5.82. The van der Waals surface area contributed by atoms with Crippen molar-refractivity contribution in [2.75, 3.05) is 4.90 Å². The third kappa shape index (κ3) is 3.28. The highest BCUT2D eigenvalue weighted by atomic mass is 79.9. The number of fused-ring (bicyclic) bond motifs is 2. The highest BCUT2D eigenvalue weighted by Gasteiger charge is 2.28. The lowest BCUT2D eigenvalue weighted by Crippen LogP contribution is -2.16. The van der Waals surface area contributed by atoms with E-state index in [1.54, 1.807) is 6.08 Å². The van der Waals surface area contributed by atoms with Gasteiger partial charge in [0.15, 0.2) is 0 Å². The Morgan fingerprint density at radius 1 is 0.765 bits per heavy atom. The van der Waals surface area contributed by atoms with E-state index in [0.717, 1.165) is 49.6 Å². The summed E-state index contributed by atoms with van der Waals surface area (Å²) < 4.78 is 1.04. The smallest absolute Gasteiger partial charge is 0.0830 e. The lowest BCUT2D eigenvalue weighted by Gasteiger charge is -2.34. The van der Waals surface area contributed by atoms with Crippen molar-refractivity contribution in [3.8, 4) is 22.5 Å². The molecule has 4 aromatic carbocycles. The van der Waals surface area contributed by atoms with Crippen LogP contribution in [0.3, 0.4) is 0 Å². The van der Waals surface area contributed by atoms with Crippen LogP contribution in [-0.2, 0) is 0 Å². The Hall–Kier alpha value is -3.95. The first-order chi connectivity index (χ1) is 16.8. The Kier molecular flexibility index (Phi) is 5.12. The molecule has 0 N–H and O–H groups in total. The first kappa shape index (κ1) is 20.6. The average Bonchev–Trinajstić information content (AvgIpc) is 2.89. The van der Waals surface area contributed by atoms with E-state index >= 15 is 0 Å². The van der Waals surface area contributed by atoms with Gasteiger partial charge in [0.25, 0.3) is 0 Å². The van der Waals surface area contributed by atoms with Crippen molar-refractivity contribution in [1.82, 2.24) is 4.98 Å². The molecule has 0 fully saturated rings. The molecule has 0 amide bonds. The zero-order chi connectivity index (χ0) is 23.1. The maximum Gasteiger partial charge on any atom is 0.0830 e. The van der Waals surface area contributed by atoms with Crippen molar-refractivity contribution < 1.29 is 0 Å². The average molecular weight is 501 g/mol. The Balaban J connectivity index is 1.66. The summed E-state index contributed by atoms with van der Waals surface area (Å²) in [7, 11) is 0. The van der Waals surface area contributed by atoms with Gasteiger partial charge in [-0.05, 0) is 51.1 Å². The Labute approximate surface area is 207 Å². The van der Waals surface area contributed by atoms with Crippen molar-refractivity contribution in [2.24, 2.45) is 0 Å². The fourth-order valence-corrected chi connectivity index (χ4v) is 5.27. The summed E-state index contributed by atoms with van der Waals surface area (Å²) in [5, 5.41) is 2.35. The second kappa shape index (κ2) is 8.44. The van der Waals surface area contributed by atoms with Gasteiger partial charge in [-0.15, -0.1) is 0 Å². The number of halogens is 1. The number of benzene rings is 4. The molecule has 0 saturated carbocycles. The number of allylic oxidation sites excluding steroid dienone is 2. The van der Waals surface area contributed by atoms with Gasteiger partial charge in [0.05, 0.1) is 28.5 Å². The van der Waals surface area contributed by atoms with Crippen molar-refractivity contribution in [2.45, 2.75) is 0 Å². The predicted octanol–water partition coefficient (Wildman–Crippen LogP) is 9.31. The third-order valence-electron chi connectivity index (χ3n) is 6.21. The van der Waals surface area contributed by atoms with E-state index in [4.69, 9.17) is 4.98 Å². The number of rotatable bonds is 4. The fraction of sp³-hybridized carbons (Fsp3) is 0. The van der Waals surface area contributed by atoms with Crippen LogP contribution in [0.5, 0.6) is 0 Å². The van der Waals surface area contributed by atoms with Crippen molar-refractivity contribution in [3.63, 3.8) is 0 Å². The summed E-state index contributed by atoms with van der Waals surface area (Å²) in [6.45, 7) is 3.81. The lowest BCUT2D eigenvalue weighted by atomic mass is 9.93. The number of aromatic nitrogens is 1. The molecule has 0 spiro atoms. The summed E-state index contributed by atoms with van der Waals surface area (Å²) in [6, 6.07) is 34.0. The van der Waals surface area contributed by atoms with Gasteiger partial charge >= 0.3 is 0 Å². The van der Waals surface area contributed by atoms with Crippen molar-refractivity contribution in [1.29, 1.82) is 0 Å². The maximum absolute atomic E-state index is 5.19. The minimum absolute atomic E-state index is 0.987. The monoisotopic (exact) mass is 500 g/mol. The summed E-state index contributed by atoms with van der Waals surface area (Å²) in [4.78, 5) is 7.53. The standard InChI is InChI=1S/C31H21BrN2/c1-2-3-11-22-14-9-19-28(30(22)32)34-26-17-8-7-16-24(26)31-29-23(15-10-18-27(29)34)20-25(33-31)21-12-5-4-6-13-21/h2-20H,1H2/b11-3-. The number of nitrogens with zero attached hydrogens (tertiary/aromatic N) is 2. The minimum atomic E-state index is 0.987. The molecule has 0 atom stereocenters. The van der Waals surface area contributed by atoms with Gasteiger partial charge in [-0.1, -0.05) is 97.6 Å².